The predicted octanol–water partition coefficient (Wildman–Crippen LogP) is 6.34. The Labute approximate surface area is 179 Å². The molecule has 160 valence electrons. The van der Waals surface area contributed by atoms with Gasteiger partial charge in [-0.25, -0.2) is 4.79 Å². The van der Waals surface area contributed by atoms with Crippen LogP contribution in [-0.4, -0.2) is 18.4 Å². The van der Waals surface area contributed by atoms with Crippen LogP contribution in [0.1, 0.15) is 80.6 Å². The lowest BCUT2D eigenvalue weighted by Gasteiger charge is -2.28. The van der Waals surface area contributed by atoms with Gasteiger partial charge in [-0.3, -0.25) is 4.79 Å². The molecule has 0 heterocycles. The minimum absolute atomic E-state index is 0.246. The molecule has 1 saturated carbocycles. The lowest BCUT2D eigenvalue weighted by molar-refractivity contribution is -0.124. The zero-order valence-electron chi connectivity index (χ0n) is 18.1. The fourth-order valence-electron chi connectivity index (χ4n) is 4.13. The SMILES string of the molecule is CCCCC(=O)[C@H]1CC[C@H](c2ccc(C(=O)Oc3ccc(OCC)cc3)cc2)CC1. The van der Waals surface area contributed by atoms with E-state index < -0.39 is 0 Å². The summed E-state index contributed by atoms with van der Waals surface area (Å²) in [6, 6.07) is 14.8. The zero-order chi connectivity index (χ0) is 21.3. The first-order valence-electron chi connectivity index (χ1n) is 11.2. The maximum absolute atomic E-state index is 12.4. The standard InChI is InChI=1S/C26H32O4/c1-3-5-6-25(27)21-11-7-19(8-12-21)20-9-13-22(14-10-20)26(28)30-24-17-15-23(16-18-24)29-4-2/h9-10,13-19,21H,3-8,11-12H2,1-2H3/t19-,21-. The molecule has 1 aliphatic rings. The van der Waals surface area contributed by atoms with Crippen molar-refractivity contribution in [2.24, 2.45) is 5.92 Å². The van der Waals surface area contributed by atoms with Crippen LogP contribution in [0.3, 0.4) is 0 Å². The van der Waals surface area contributed by atoms with Crippen molar-refractivity contribution in [3.05, 3.63) is 59.7 Å². The van der Waals surface area contributed by atoms with E-state index in [4.69, 9.17) is 9.47 Å². The van der Waals surface area contributed by atoms with E-state index in [0.29, 0.717) is 29.6 Å². The fourth-order valence-corrected chi connectivity index (χ4v) is 4.13. The fraction of sp³-hybridized carbons (Fsp3) is 0.462. The van der Waals surface area contributed by atoms with E-state index in [1.54, 1.807) is 24.3 Å². The molecule has 0 bridgehead atoms. The van der Waals surface area contributed by atoms with Crippen LogP contribution >= 0.6 is 0 Å². The van der Waals surface area contributed by atoms with Gasteiger partial charge in [-0.2, -0.15) is 0 Å². The minimum Gasteiger partial charge on any atom is -0.494 e. The second kappa shape index (κ2) is 11.0. The first-order chi connectivity index (χ1) is 14.6. The largest absolute Gasteiger partial charge is 0.494 e. The van der Waals surface area contributed by atoms with Crippen molar-refractivity contribution in [3.63, 3.8) is 0 Å². The van der Waals surface area contributed by atoms with Crippen LogP contribution in [-0.2, 0) is 4.79 Å². The third-order valence-corrected chi connectivity index (χ3v) is 5.92. The Balaban J connectivity index is 1.52. The van der Waals surface area contributed by atoms with E-state index in [1.807, 2.05) is 31.2 Å². The van der Waals surface area contributed by atoms with Crippen LogP contribution in [0, 0.1) is 5.92 Å². The molecule has 4 nitrogen and oxygen atoms in total. The molecule has 0 radical (unpaired) electrons. The molecule has 4 heteroatoms. The molecule has 0 amide bonds. The highest BCUT2D eigenvalue weighted by Gasteiger charge is 2.26. The Hall–Kier alpha value is -2.62. The van der Waals surface area contributed by atoms with Gasteiger partial charge in [-0.15, -0.1) is 0 Å². The van der Waals surface area contributed by atoms with Crippen LogP contribution in [0.4, 0.5) is 0 Å². The van der Waals surface area contributed by atoms with Crippen molar-refractivity contribution in [1.82, 2.24) is 0 Å². The number of carbonyl (C=O) groups excluding carboxylic acids is 2. The maximum atomic E-state index is 12.4. The van der Waals surface area contributed by atoms with Crippen molar-refractivity contribution in [2.75, 3.05) is 6.61 Å². The molecule has 0 saturated heterocycles. The van der Waals surface area contributed by atoms with Crippen LogP contribution in [0.5, 0.6) is 11.5 Å². The molecule has 1 aliphatic carbocycles. The quantitative estimate of drug-likeness (QED) is 0.359. The van der Waals surface area contributed by atoms with Crippen LogP contribution in [0.15, 0.2) is 48.5 Å². The molecule has 2 aromatic carbocycles. The van der Waals surface area contributed by atoms with E-state index in [2.05, 4.69) is 6.92 Å². The normalized spacial score (nSPS) is 18.6. The summed E-state index contributed by atoms with van der Waals surface area (Å²) in [4.78, 5) is 24.7. The Kier molecular flexibility index (Phi) is 8.06. The highest BCUT2D eigenvalue weighted by Crippen LogP contribution is 2.36. The number of ether oxygens (including phenoxy) is 2. The summed E-state index contributed by atoms with van der Waals surface area (Å²) < 4.78 is 10.9. The van der Waals surface area contributed by atoms with Gasteiger partial charge in [0.05, 0.1) is 12.2 Å². The zero-order valence-corrected chi connectivity index (χ0v) is 18.1. The number of hydrogen-bond donors (Lipinski definition) is 0. The van der Waals surface area contributed by atoms with Crippen molar-refractivity contribution >= 4 is 11.8 Å². The smallest absolute Gasteiger partial charge is 0.343 e. The maximum Gasteiger partial charge on any atom is 0.343 e. The third kappa shape index (κ3) is 5.94. The molecule has 0 N–H and O–H groups in total. The summed E-state index contributed by atoms with van der Waals surface area (Å²) in [5.74, 6) is 2.05. The number of Topliss-reactive ketones (excluding diaryl/α,β-unsaturated/α-hetero) is 1. The highest BCUT2D eigenvalue weighted by molar-refractivity contribution is 5.91. The Morgan fingerprint density at radius 1 is 0.867 bits per heavy atom. The molecule has 0 unspecified atom stereocenters. The van der Waals surface area contributed by atoms with Gasteiger partial charge in [0, 0.05) is 12.3 Å². The van der Waals surface area contributed by atoms with E-state index >= 15 is 0 Å². The van der Waals surface area contributed by atoms with Crippen LogP contribution in [0.2, 0.25) is 0 Å². The van der Waals surface area contributed by atoms with Crippen molar-refractivity contribution < 1.29 is 19.1 Å². The number of esters is 1. The van der Waals surface area contributed by atoms with Gasteiger partial charge in [-0.1, -0.05) is 25.5 Å². The van der Waals surface area contributed by atoms with Gasteiger partial charge in [0.25, 0.3) is 0 Å². The van der Waals surface area contributed by atoms with E-state index in [1.165, 1.54) is 5.56 Å². The molecule has 0 aliphatic heterocycles. The second-order valence-electron chi connectivity index (χ2n) is 8.03. The number of unbranched alkanes of at least 4 members (excludes halogenated alkanes) is 1. The van der Waals surface area contributed by atoms with E-state index in [0.717, 1.165) is 50.7 Å². The Bertz CT molecular complexity index is 815. The topological polar surface area (TPSA) is 52.6 Å². The average Bonchev–Trinajstić information content (AvgIpc) is 2.79. The molecular weight excluding hydrogens is 376 g/mol. The second-order valence-corrected chi connectivity index (χ2v) is 8.03. The van der Waals surface area contributed by atoms with Crippen LogP contribution in [0.25, 0.3) is 0 Å². The molecule has 2 aromatic rings. The van der Waals surface area contributed by atoms with Crippen molar-refractivity contribution in [1.29, 1.82) is 0 Å². The third-order valence-electron chi connectivity index (χ3n) is 5.92. The Morgan fingerprint density at radius 2 is 1.50 bits per heavy atom. The lowest BCUT2D eigenvalue weighted by atomic mass is 9.76. The van der Waals surface area contributed by atoms with Gasteiger partial charge in [-0.05, 0) is 86.9 Å². The minimum atomic E-state index is -0.365. The summed E-state index contributed by atoms with van der Waals surface area (Å²) in [6.07, 6.45) is 6.86. The summed E-state index contributed by atoms with van der Waals surface area (Å²) in [7, 11) is 0. The van der Waals surface area contributed by atoms with Crippen molar-refractivity contribution in [2.45, 2.75) is 64.7 Å². The first kappa shape index (κ1) is 22.1. The summed E-state index contributed by atoms with van der Waals surface area (Å²) >= 11 is 0. The molecule has 30 heavy (non-hydrogen) atoms. The molecule has 0 aromatic heterocycles. The Morgan fingerprint density at radius 3 is 2.10 bits per heavy atom. The van der Waals surface area contributed by atoms with Gasteiger partial charge in [0.1, 0.15) is 17.3 Å². The molecule has 3 rings (SSSR count). The van der Waals surface area contributed by atoms with Gasteiger partial charge >= 0.3 is 5.97 Å². The summed E-state index contributed by atoms with van der Waals surface area (Å²) in [6.45, 7) is 4.65. The van der Waals surface area contributed by atoms with Gasteiger partial charge < -0.3 is 9.47 Å². The average molecular weight is 409 g/mol. The van der Waals surface area contributed by atoms with E-state index in [9.17, 15) is 9.59 Å². The molecular formula is C26H32O4. The molecule has 1 fully saturated rings. The first-order valence-corrected chi connectivity index (χ1v) is 11.2. The number of rotatable bonds is 9. The molecule has 0 spiro atoms. The summed E-state index contributed by atoms with van der Waals surface area (Å²) in [5, 5.41) is 0. The van der Waals surface area contributed by atoms with Gasteiger partial charge in [0.2, 0.25) is 0 Å². The van der Waals surface area contributed by atoms with Gasteiger partial charge in [0.15, 0.2) is 0 Å². The lowest BCUT2D eigenvalue weighted by Crippen LogP contribution is -2.21. The number of hydrogen-bond acceptors (Lipinski definition) is 4. The van der Waals surface area contributed by atoms with Crippen LogP contribution < -0.4 is 9.47 Å². The highest BCUT2D eigenvalue weighted by atomic mass is 16.5. The van der Waals surface area contributed by atoms with E-state index in [-0.39, 0.29) is 11.9 Å². The number of carbonyl (C=O) groups is 2. The number of ketones is 1. The number of benzene rings is 2. The molecule has 0 atom stereocenters. The monoisotopic (exact) mass is 408 g/mol. The predicted molar refractivity (Wildman–Crippen MR) is 118 cm³/mol. The van der Waals surface area contributed by atoms with Crippen molar-refractivity contribution in [3.8, 4) is 11.5 Å². The summed E-state index contributed by atoms with van der Waals surface area (Å²) in [5.41, 5.74) is 1.78.